The van der Waals surface area contributed by atoms with Crippen molar-refractivity contribution in [3.63, 3.8) is 0 Å². The minimum atomic E-state index is -0.0901. The number of nitrogens with one attached hydrogen (secondary N) is 1. The summed E-state index contributed by atoms with van der Waals surface area (Å²) in [6.07, 6.45) is 0. The number of hydrogen-bond donors (Lipinski definition) is 2. The molecule has 7 nitrogen and oxygen atoms in total. The number of ether oxygens (including phenoxy) is 2. The molecule has 0 saturated carbocycles. The highest BCUT2D eigenvalue weighted by Gasteiger charge is 2.33. The summed E-state index contributed by atoms with van der Waals surface area (Å²) in [5.74, 6) is 1.58. The van der Waals surface area contributed by atoms with Crippen molar-refractivity contribution in [2.45, 2.75) is 18.6 Å². The zero-order valence-electron chi connectivity index (χ0n) is 15.8. The van der Waals surface area contributed by atoms with E-state index in [1.807, 2.05) is 48.5 Å². The Balaban J connectivity index is 1.31. The minimum absolute atomic E-state index is 0.0130. The summed E-state index contributed by atoms with van der Waals surface area (Å²) >= 11 is 0. The molecule has 0 radical (unpaired) electrons. The number of carbonyl (C=O) groups is 1. The highest BCUT2D eigenvalue weighted by molar-refractivity contribution is 5.78. The van der Waals surface area contributed by atoms with Crippen LogP contribution >= 0.6 is 0 Å². The summed E-state index contributed by atoms with van der Waals surface area (Å²) in [7, 11) is 1.64. The first-order valence-corrected chi connectivity index (χ1v) is 9.32. The summed E-state index contributed by atoms with van der Waals surface area (Å²) < 4.78 is 10.8. The Morgan fingerprint density at radius 3 is 2.75 bits per heavy atom. The van der Waals surface area contributed by atoms with Gasteiger partial charge in [-0.2, -0.15) is 0 Å². The Kier molecular flexibility index (Phi) is 5.27. The number of nitrogens with zero attached hydrogens (tertiary/aromatic N) is 2. The summed E-state index contributed by atoms with van der Waals surface area (Å²) in [6.45, 7) is 1.41. The van der Waals surface area contributed by atoms with Gasteiger partial charge in [-0.25, -0.2) is 4.98 Å². The van der Waals surface area contributed by atoms with Crippen LogP contribution in [-0.2, 0) is 16.1 Å². The van der Waals surface area contributed by atoms with E-state index < -0.39 is 0 Å². The third-order valence-electron chi connectivity index (χ3n) is 5.16. The summed E-state index contributed by atoms with van der Waals surface area (Å²) in [4.78, 5) is 21.9. The van der Waals surface area contributed by atoms with Crippen molar-refractivity contribution in [2.75, 3.05) is 26.8 Å². The Labute approximate surface area is 163 Å². The first kappa shape index (κ1) is 18.5. The fourth-order valence-corrected chi connectivity index (χ4v) is 3.64. The van der Waals surface area contributed by atoms with E-state index in [0.29, 0.717) is 18.9 Å². The highest BCUT2D eigenvalue weighted by atomic mass is 16.5. The average molecular weight is 380 g/mol. The quantitative estimate of drug-likeness (QED) is 0.683. The minimum Gasteiger partial charge on any atom is -0.497 e. The molecule has 7 heteroatoms. The number of benzene rings is 2. The van der Waals surface area contributed by atoms with Gasteiger partial charge >= 0.3 is 0 Å². The van der Waals surface area contributed by atoms with Gasteiger partial charge in [0.25, 0.3) is 0 Å². The third-order valence-corrected chi connectivity index (χ3v) is 5.16. The van der Waals surface area contributed by atoms with Gasteiger partial charge in [0.2, 0.25) is 5.91 Å². The van der Waals surface area contributed by atoms with E-state index in [1.165, 1.54) is 0 Å². The monoisotopic (exact) mass is 380 g/mol. The topological polar surface area (TPSA) is 93.5 Å². The smallest absolute Gasteiger partial charge is 0.248 e. The van der Waals surface area contributed by atoms with Gasteiger partial charge in [0, 0.05) is 25.0 Å². The van der Waals surface area contributed by atoms with Gasteiger partial charge in [-0.05, 0) is 29.8 Å². The number of carbonyl (C=O) groups excluding carboxylic acids is 1. The largest absolute Gasteiger partial charge is 0.497 e. The van der Waals surface area contributed by atoms with Crippen LogP contribution < -0.4 is 10.5 Å². The maximum atomic E-state index is 12.5. The Bertz CT molecular complexity index is 921. The zero-order chi connectivity index (χ0) is 19.5. The number of aromatic amines is 1. The molecule has 4 rings (SSSR count). The molecule has 1 fully saturated rings. The van der Waals surface area contributed by atoms with E-state index in [9.17, 15) is 4.79 Å². The number of H-pyrrole nitrogens is 1. The number of aromatic nitrogens is 2. The third kappa shape index (κ3) is 3.85. The lowest BCUT2D eigenvalue weighted by molar-refractivity contribution is -0.135. The maximum Gasteiger partial charge on any atom is 0.248 e. The molecule has 3 aromatic rings. The molecule has 0 spiro atoms. The van der Waals surface area contributed by atoms with Crippen molar-refractivity contribution in [2.24, 2.45) is 5.73 Å². The van der Waals surface area contributed by atoms with Crippen LogP contribution in [0.15, 0.2) is 48.5 Å². The molecular formula is C21H24N4O3. The second-order valence-corrected chi connectivity index (χ2v) is 7.04. The fraction of sp³-hybridized carbons (Fsp3) is 0.333. The molecule has 0 bridgehead atoms. The van der Waals surface area contributed by atoms with Gasteiger partial charge in [-0.15, -0.1) is 0 Å². The van der Waals surface area contributed by atoms with Gasteiger partial charge < -0.3 is 25.1 Å². The van der Waals surface area contributed by atoms with Gasteiger partial charge in [0.15, 0.2) is 0 Å². The van der Waals surface area contributed by atoms with E-state index in [-0.39, 0.29) is 31.1 Å². The van der Waals surface area contributed by atoms with Crippen molar-refractivity contribution in [1.82, 2.24) is 14.9 Å². The SMILES string of the molecule is COc1ccc([C@H]2CN(C(=O)COCc3nc4ccccc4[nH]3)C[C@@H]2N)cc1. The molecule has 28 heavy (non-hydrogen) atoms. The molecule has 3 N–H and O–H groups in total. The van der Waals surface area contributed by atoms with Crippen LogP contribution in [0.5, 0.6) is 5.75 Å². The van der Waals surface area contributed by atoms with E-state index in [2.05, 4.69) is 9.97 Å². The lowest BCUT2D eigenvalue weighted by atomic mass is 9.95. The van der Waals surface area contributed by atoms with Crippen molar-refractivity contribution in [1.29, 1.82) is 0 Å². The number of rotatable bonds is 6. The average Bonchev–Trinajstić information content (AvgIpc) is 3.31. The predicted octanol–water partition coefficient (Wildman–Crippen LogP) is 2.04. The first-order chi connectivity index (χ1) is 13.6. The molecule has 1 saturated heterocycles. The highest BCUT2D eigenvalue weighted by Crippen LogP contribution is 2.28. The molecule has 2 heterocycles. The standard InChI is InChI=1S/C21H24N4O3/c1-27-15-8-6-14(7-9-15)16-10-25(11-17(16)22)21(26)13-28-12-20-23-18-4-2-3-5-19(18)24-20/h2-9,16-17H,10-13,22H2,1H3,(H,23,24)/t16-,17+/m1/s1. The number of fused-ring (bicyclic) bond motifs is 1. The van der Waals surface area contributed by atoms with Crippen molar-refractivity contribution in [3.8, 4) is 5.75 Å². The van der Waals surface area contributed by atoms with E-state index in [1.54, 1.807) is 12.0 Å². The molecule has 1 aliphatic heterocycles. The number of para-hydroxylation sites is 2. The maximum absolute atomic E-state index is 12.5. The first-order valence-electron chi connectivity index (χ1n) is 9.32. The van der Waals surface area contributed by atoms with E-state index >= 15 is 0 Å². The van der Waals surface area contributed by atoms with Gasteiger partial charge in [0.1, 0.15) is 24.8 Å². The van der Waals surface area contributed by atoms with E-state index in [0.717, 1.165) is 22.3 Å². The molecule has 1 amide bonds. The number of imidazole rings is 1. The number of methoxy groups -OCH3 is 1. The second-order valence-electron chi connectivity index (χ2n) is 7.04. The number of hydrogen-bond acceptors (Lipinski definition) is 5. The summed E-state index contributed by atoms with van der Waals surface area (Å²) in [6, 6.07) is 15.6. The molecule has 0 unspecified atom stereocenters. The number of likely N-dealkylation sites (tertiary alicyclic amines) is 1. The predicted molar refractivity (Wildman–Crippen MR) is 106 cm³/mol. The van der Waals surface area contributed by atoms with Crippen LogP contribution in [0.25, 0.3) is 11.0 Å². The molecule has 146 valence electrons. The zero-order valence-corrected chi connectivity index (χ0v) is 15.8. The summed E-state index contributed by atoms with van der Waals surface area (Å²) in [5, 5.41) is 0. The van der Waals surface area contributed by atoms with Crippen LogP contribution in [0, 0.1) is 0 Å². The van der Waals surface area contributed by atoms with Crippen molar-refractivity contribution in [3.05, 3.63) is 59.9 Å². The number of nitrogens with two attached hydrogens (primary N) is 1. The Hall–Kier alpha value is -2.90. The van der Waals surface area contributed by atoms with Crippen LogP contribution in [0.1, 0.15) is 17.3 Å². The summed E-state index contributed by atoms with van der Waals surface area (Å²) in [5.41, 5.74) is 9.26. The van der Waals surface area contributed by atoms with Crippen LogP contribution in [0.2, 0.25) is 0 Å². The van der Waals surface area contributed by atoms with Crippen molar-refractivity contribution >= 4 is 16.9 Å². The second kappa shape index (κ2) is 8.00. The van der Waals surface area contributed by atoms with Gasteiger partial charge in [-0.1, -0.05) is 24.3 Å². The van der Waals surface area contributed by atoms with Crippen molar-refractivity contribution < 1.29 is 14.3 Å². The lowest BCUT2D eigenvalue weighted by Gasteiger charge is -2.16. The van der Waals surface area contributed by atoms with Gasteiger partial charge in [0.05, 0.1) is 18.1 Å². The van der Waals surface area contributed by atoms with Gasteiger partial charge in [-0.3, -0.25) is 4.79 Å². The number of amides is 1. The van der Waals surface area contributed by atoms with E-state index in [4.69, 9.17) is 15.2 Å². The Morgan fingerprint density at radius 1 is 1.21 bits per heavy atom. The van der Waals surface area contributed by atoms with Crippen LogP contribution in [0.3, 0.4) is 0 Å². The molecule has 1 aromatic heterocycles. The molecule has 0 aliphatic carbocycles. The van der Waals surface area contributed by atoms with Crippen LogP contribution in [-0.4, -0.2) is 53.6 Å². The molecular weight excluding hydrogens is 356 g/mol. The molecule has 2 aromatic carbocycles. The fourth-order valence-electron chi connectivity index (χ4n) is 3.64. The molecule has 1 aliphatic rings. The normalized spacial score (nSPS) is 19.3. The Morgan fingerprint density at radius 2 is 2.00 bits per heavy atom. The lowest BCUT2D eigenvalue weighted by Crippen LogP contribution is -2.34. The molecule has 2 atom stereocenters. The van der Waals surface area contributed by atoms with Crippen LogP contribution in [0.4, 0.5) is 0 Å².